The van der Waals surface area contributed by atoms with Gasteiger partial charge in [0.2, 0.25) is 0 Å². The minimum atomic E-state index is -0.286. The van der Waals surface area contributed by atoms with Crippen molar-refractivity contribution in [2.75, 3.05) is 32.6 Å². The normalized spacial score (nSPS) is 17.2. The van der Waals surface area contributed by atoms with E-state index in [0.717, 1.165) is 37.2 Å². The number of nitrogens with zero attached hydrogens (tertiary/aromatic N) is 1. The molecule has 1 aliphatic heterocycles. The first kappa shape index (κ1) is 13.9. The van der Waals surface area contributed by atoms with Crippen molar-refractivity contribution in [3.05, 3.63) is 29.3 Å². The number of anilines is 1. The van der Waals surface area contributed by atoms with Crippen molar-refractivity contribution in [3.63, 3.8) is 0 Å². The van der Waals surface area contributed by atoms with Gasteiger partial charge in [0.05, 0.1) is 12.7 Å². The topological polar surface area (TPSA) is 41.6 Å². The highest BCUT2D eigenvalue weighted by Crippen LogP contribution is 2.21. The molecule has 1 saturated heterocycles. The number of carbonyl (C=O) groups is 1. The second-order valence-electron chi connectivity index (χ2n) is 5.24. The molecule has 104 valence electrons. The third kappa shape index (κ3) is 3.47. The zero-order valence-corrected chi connectivity index (χ0v) is 11.9. The van der Waals surface area contributed by atoms with E-state index in [1.807, 2.05) is 12.1 Å². The van der Waals surface area contributed by atoms with Crippen LogP contribution in [0.4, 0.5) is 5.69 Å². The van der Waals surface area contributed by atoms with Crippen LogP contribution in [0.15, 0.2) is 18.2 Å². The number of rotatable bonds is 3. The first-order valence-corrected chi connectivity index (χ1v) is 6.74. The number of esters is 1. The van der Waals surface area contributed by atoms with Gasteiger partial charge in [-0.3, -0.25) is 0 Å². The molecule has 0 bridgehead atoms. The monoisotopic (exact) mass is 262 g/mol. The maximum Gasteiger partial charge on any atom is 0.337 e. The molecule has 0 radical (unpaired) electrons. The van der Waals surface area contributed by atoms with E-state index >= 15 is 0 Å². The summed E-state index contributed by atoms with van der Waals surface area (Å²) in [5.41, 5.74) is 2.80. The Morgan fingerprint density at radius 2 is 2.05 bits per heavy atom. The van der Waals surface area contributed by atoms with Gasteiger partial charge in [-0.25, -0.2) is 4.79 Å². The molecular formula is C15H22N2O2. The molecule has 0 unspecified atom stereocenters. The summed E-state index contributed by atoms with van der Waals surface area (Å²) >= 11 is 0. The fourth-order valence-electron chi connectivity index (χ4n) is 2.40. The van der Waals surface area contributed by atoms with E-state index < -0.39 is 0 Å². The molecule has 2 rings (SSSR count). The summed E-state index contributed by atoms with van der Waals surface area (Å²) in [5, 5.41) is 3.55. The van der Waals surface area contributed by atoms with Crippen LogP contribution in [0, 0.1) is 6.92 Å². The van der Waals surface area contributed by atoms with Crippen molar-refractivity contribution < 1.29 is 9.53 Å². The molecule has 0 aliphatic carbocycles. The summed E-state index contributed by atoms with van der Waals surface area (Å²) in [6.07, 6.45) is 2.27. The lowest BCUT2D eigenvalue weighted by Gasteiger charge is -2.30. The third-order valence-corrected chi connectivity index (χ3v) is 3.74. The lowest BCUT2D eigenvalue weighted by atomic mass is 10.0. The zero-order valence-electron chi connectivity index (χ0n) is 11.9. The maximum atomic E-state index is 11.6. The van der Waals surface area contributed by atoms with Crippen LogP contribution in [-0.2, 0) is 4.74 Å². The molecule has 0 spiro atoms. The molecule has 1 aromatic rings. The van der Waals surface area contributed by atoms with Crippen LogP contribution < -0.4 is 5.32 Å². The molecule has 1 aliphatic rings. The number of nitrogens with one attached hydrogen (secondary N) is 1. The molecule has 0 atom stereocenters. The van der Waals surface area contributed by atoms with Crippen molar-refractivity contribution in [3.8, 4) is 0 Å². The molecule has 1 aromatic carbocycles. The SMILES string of the molecule is COC(=O)c1ccc(C)c(NC2CCN(C)CC2)c1. The van der Waals surface area contributed by atoms with Crippen molar-refractivity contribution in [1.82, 2.24) is 4.90 Å². The quantitative estimate of drug-likeness (QED) is 0.849. The Hall–Kier alpha value is -1.55. The summed E-state index contributed by atoms with van der Waals surface area (Å²) in [6, 6.07) is 6.15. The Bertz CT molecular complexity index is 451. The Kier molecular flexibility index (Phi) is 4.43. The van der Waals surface area contributed by atoms with Crippen molar-refractivity contribution in [2.24, 2.45) is 0 Å². The van der Waals surface area contributed by atoms with Gasteiger partial charge >= 0.3 is 5.97 Å². The predicted octanol–water partition coefficient (Wildman–Crippen LogP) is 2.29. The lowest BCUT2D eigenvalue weighted by molar-refractivity contribution is 0.0601. The Morgan fingerprint density at radius 1 is 1.37 bits per heavy atom. The molecule has 0 aromatic heterocycles. The second kappa shape index (κ2) is 6.06. The zero-order chi connectivity index (χ0) is 13.8. The van der Waals surface area contributed by atoms with Gasteiger partial charge in [-0.05, 0) is 57.6 Å². The highest BCUT2D eigenvalue weighted by atomic mass is 16.5. The van der Waals surface area contributed by atoms with E-state index in [-0.39, 0.29) is 5.97 Å². The number of ether oxygens (including phenoxy) is 1. The predicted molar refractivity (Wildman–Crippen MR) is 76.7 cm³/mol. The number of benzene rings is 1. The van der Waals surface area contributed by atoms with Crippen LogP contribution in [-0.4, -0.2) is 44.2 Å². The van der Waals surface area contributed by atoms with Crippen LogP contribution in [0.3, 0.4) is 0 Å². The number of aryl methyl sites for hydroxylation is 1. The van der Waals surface area contributed by atoms with Gasteiger partial charge in [-0.2, -0.15) is 0 Å². The summed E-state index contributed by atoms with van der Waals surface area (Å²) in [7, 11) is 3.56. The maximum absolute atomic E-state index is 11.6. The molecular weight excluding hydrogens is 240 g/mol. The highest BCUT2D eigenvalue weighted by molar-refractivity contribution is 5.90. The first-order chi connectivity index (χ1) is 9.10. The number of carbonyl (C=O) groups excluding carboxylic acids is 1. The molecule has 0 amide bonds. The van der Waals surface area contributed by atoms with Crippen LogP contribution in [0.2, 0.25) is 0 Å². The van der Waals surface area contributed by atoms with Crippen molar-refractivity contribution in [2.45, 2.75) is 25.8 Å². The molecule has 0 saturated carbocycles. The van der Waals surface area contributed by atoms with Gasteiger partial charge in [0.25, 0.3) is 0 Å². The van der Waals surface area contributed by atoms with E-state index in [1.54, 1.807) is 6.07 Å². The highest BCUT2D eigenvalue weighted by Gasteiger charge is 2.17. The van der Waals surface area contributed by atoms with Gasteiger partial charge in [-0.15, -0.1) is 0 Å². The number of likely N-dealkylation sites (tertiary alicyclic amines) is 1. The smallest absolute Gasteiger partial charge is 0.337 e. The molecule has 4 nitrogen and oxygen atoms in total. The van der Waals surface area contributed by atoms with E-state index in [1.165, 1.54) is 7.11 Å². The standard InChI is InChI=1S/C15H22N2O2/c1-11-4-5-12(15(18)19-3)10-14(11)16-13-6-8-17(2)9-7-13/h4-5,10,13,16H,6-9H2,1-3H3. The fourth-order valence-corrected chi connectivity index (χ4v) is 2.40. The summed E-state index contributed by atoms with van der Waals surface area (Å²) in [4.78, 5) is 13.9. The summed E-state index contributed by atoms with van der Waals surface area (Å²) < 4.78 is 4.76. The van der Waals surface area contributed by atoms with Crippen LogP contribution in [0.1, 0.15) is 28.8 Å². The average Bonchev–Trinajstić information content (AvgIpc) is 2.43. The fraction of sp³-hybridized carbons (Fsp3) is 0.533. The average molecular weight is 262 g/mol. The van der Waals surface area contributed by atoms with Crippen LogP contribution in [0.25, 0.3) is 0 Å². The van der Waals surface area contributed by atoms with E-state index in [9.17, 15) is 4.79 Å². The second-order valence-corrected chi connectivity index (χ2v) is 5.24. The van der Waals surface area contributed by atoms with E-state index in [0.29, 0.717) is 11.6 Å². The lowest BCUT2D eigenvalue weighted by Crippen LogP contribution is -2.36. The third-order valence-electron chi connectivity index (χ3n) is 3.74. The first-order valence-electron chi connectivity index (χ1n) is 6.74. The number of hydrogen-bond donors (Lipinski definition) is 1. The number of piperidine rings is 1. The van der Waals surface area contributed by atoms with Crippen molar-refractivity contribution in [1.29, 1.82) is 0 Å². The summed E-state index contributed by atoms with van der Waals surface area (Å²) in [5.74, 6) is -0.286. The Morgan fingerprint density at radius 3 is 2.68 bits per heavy atom. The van der Waals surface area contributed by atoms with Gasteiger partial charge in [-0.1, -0.05) is 6.07 Å². The number of hydrogen-bond acceptors (Lipinski definition) is 4. The molecule has 1 heterocycles. The minimum Gasteiger partial charge on any atom is -0.465 e. The van der Waals surface area contributed by atoms with Gasteiger partial charge < -0.3 is 15.0 Å². The van der Waals surface area contributed by atoms with E-state index in [4.69, 9.17) is 4.74 Å². The van der Waals surface area contributed by atoms with Gasteiger partial charge in [0.1, 0.15) is 0 Å². The van der Waals surface area contributed by atoms with Crippen molar-refractivity contribution >= 4 is 11.7 Å². The molecule has 4 heteroatoms. The number of methoxy groups -OCH3 is 1. The summed E-state index contributed by atoms with van der Waals surface area (Å²) in [6.45, 7) is 4.29. The molecule has 1 N–H and O–H groups in total. The molecule has 1 fully saturated rings. The van der Waals surface area contributed by atoms with E-state index in [2.05, 4.69) is 24.2 Å². The Balaban J connectivity index is 2.08. The minimum absolute atomic E-state index is 0.286. The molecule has 19 heavy (non-hydrogen) atoms. The van der Waals surface area contributed by atoms with Gasteiger partial charge in [0, 0.05) is 11.7 Å². The Labute approximate surface area is 114 Å². The van der Waals surface area contributed by atoms with Crippen LogP contribution >= 0.6 is 0 Å². The van der Waals surface area contributed by atoms with Crippen LogP contribution in [0.5, 0.6) is 0 Å². The largest absolute Gasteiger partial charge is 0.465 e. The van der Waals surface area contributed by atoms with Gasteiger partial charge in [0.15, 0.2) is 0 Å².